The quantitative estimate of drug-likeness (QED) is 0.694. The highest BCUT2D eigenvalue weighted by molar-refractivity contribution is 9.12. The number of halogens is 2. The first-order chi connectivity index (χ1) is 9.13. The van der Waals surface area contributed by atoms with E-state index >= 15 is 0 Å². The summed E-state index contributed by atoms with van der Waals surface area (Å²) in [5, 5.41) is 0. The number of hydrogen-bond donors (Lipinski definition) is 1. The van der Waals surface area contributed by atoms with E-state index < -0.39 is 0 Å². The molecule has 3 nitrogen and oxygen atoms in total. The van der Waals surface area contributed by atoms with Crippen molar-refractivity contribution in [3.8, 4) is 0 Å². The van der Waals surface area contributed by atoms with Crippen molar-refractivity contribution in [1.29, 1.82) is 0 Å². The van der Waals surface area contributed by atoms with E-state index in [4.69, 9.17) is 10.2 Å². The summed E-state index contributed by atoms with van der Waals surface area (Å²) in [7, 11) is 0. The van der Waals surface area contributed by atoms with Crippen LogP contribution in [0.25, 0.3) is 11.1 Å². The first-order valence-corrected chi connectivity index (χ1v) is 8.08. The standard InChI is InChI=1S/C13H10Br2N2OS/c14-11-5-7(13(15)19-11)8(16)6-12-17-9-3-1-2-4-10(9)18-12/h1-5,8H,6,16H2. The van der Waals surface area contributed by atoms with Crippen LogP contribution in [0.1, 0.15) is 17.5 Å². The summed E-state index contributed by atoms with van der Waals surface area (Å²) in [6.07, 6.45) is 0.580. The SMILES string of the molecule is NC(Cc1nc2ccccc2o1)c1cc(Br)sc1Br. The molecule has 0 amide bonds. The number of benzene rings is 1. The number of aromatic nitrogens is 1. The molecule has 1 atom stereocenters. The predicted octanol–water partition coefficient (Wildman–Crippen LogP) is 4.66. The van der Waals surface area contributed by atoms with E-state index in [-0.39, 0.29) is 6.04 Å². The molecule has 0 saturated heterocycles. The number of nitrogens with two attached hydrogens (primary N) is 1. The highest BCUT2D eigenvalue weighted by atomic mass is 79.9. The molecule has 0 fully saturated rings. The van der Waals surface area contributed by atoms with Crippen LogP contribution in [0, 0.1) is 0 Å². The van der Waals surface area contributed by atoms with Crippen LogP contribution in [0.5, 0.6) is 0 Å². The Labute approximate surface area is 131 Å². The number of hydrogen-bond acceptors (Lipinski definition) is 4. The van der Waals surface area contributed by atoms with Gasteiger partial charge >= 0.3 is 0 Å². The van der Waals surface area contributed by atoms with Crippen molar-refractivity contribution < 1.29 is 4.42 Å². The van der Waals surface area contributed by atoms with Gasteiger partial charge in [0.25, 0.3) is 0 Å². The molecule has 2 N–H and O–H groups in total. The largest absolute Gasteiger partial charge is 0.441 e. The van der Waals surface area contributed by atoms with E-state index in [1.54, 1.807) is 11.3 Å². The van der Waals surface area contributed by atoms with Crippen molar-refractivity contribution in [2.24, 2.45) is 5.73 Å². The minimum absolute atomic E-state index is 0.134. The van der Waals surface area contributed by atoms with Gasteiger partial charge in [-0.15, -0.1) is 11.3 Å². The van der Waals surface area contributed by atoms with Crippen LogP contribution in [-0.4, -0.2) is 4.98 Å². The average Bonchev–Trinajstić information content (AvgIpc) is 2.91. The molecule has 0 saturated carbocycles. The topological polar surface area (TPSA) is 52.0 Å². The van der Waals surface area contributed by atoms with Crippen molar-refractivity contribution in [2.45, 2.75) is 12.5 Å². The summed E-state index contributed by atoms with van der Waals surface area (Å²) < 4.78 is 7.79. The summed E-state index contributed by atoms with van der Waals surface area (Å²) in [5.74, 6) is 0.669. The molecular weight excluding hydrogens is 392 g/mol. The van der Waals surface area contributed by atoms with E-state index in [0.29, 0.717) is 12.3 Å². The molecule has 0 aliphatic rings. The van der Waals surface area contributed by atoms with Crippen LogP contribution < -0.4 is 5.73 Å². The van der Waals surface area contributed by atoms with Crippen molar-refractivity contribution >= 4 is 54.3 Å². The molecule has 0 spiro atoms. The molecule has 6 heteroatoms. The Bertz CT molecular complexity index is 689. The summed E-state index contributed by atoms with van der Waals surface area (Å²) >= 11 is 8.60. The molecule has 3 rings (SSSR count). The maximum absolute atomic E-state index is 6.22. The number of nitrogens with zero attached hydrogens (tertiary/aromatic N) is 1. The van der Waals surface area contributed by atoms with Crippen molar-refractivity contribution in [3.05, 3.63) is 49.4 Å². The number of oxazole rings is 1. The second-order valence-corrected chi connectivity index (χ2v) is 7.91. The van der Waals surface area contributed by atoms with Crippen LogP contribution in [0.15, 0.2) is 42.3 Å². The number of para-hydroxylation sites is 2. The van der Waals surface area contributed by atoms with Crippen LogP contribution in [0.2, 0.25) is 0 Å². The Hall–Kier alpha value is -0.690. The molecule has 0 radical (unpaired) electrons. The molecule has 19 heavy (non-hydrogen) atoms. The lowest BCUT2D eigenvalue weighted by molar-refractivity contribution is 0.502. The van der Waals surface area contributed by atoms with Gasteiger partial charge in [-0.25, -0.2) is 4.98 Å². The molecule has 0 bridgehead atoms. The lowest BCUT2D eigenvalue weighted by Gasteiger charge is -2.07. The molecule has 0 aliphatic heterocycles. The Morgan fingerprint density at radius 3 is 2.79 bits per heavy atom. The molecule has 1 aromatic carbocycles. The molecule has 1 unspecified atom stereocenters. The molecular formula is C13H10Br2N2OS. The number of thiophene rings is 1. The van der Waals surface area contributed by atoms with E-state index in [1.807, 2.05) is 30.3 Å². The first-order valence-electron chi connectivity index (χ1n) is 5.68. The van der Waals surface area contributed by atoms with Gasteiger partial charge in [0.1, 0.15) is 5.52 Å². The summed E-state index contributed by atoms with van der Waals surface area (Å²) in [6.45, 7) is 0. The Balaban J connectivity index is 1.86. The van der Waals surface area contributed by atoms with Crippen LogP contribution in [0.4, 0.5) is 0 Å². The molecule has 2 aromatic heterocycles. The van der Waals surface area contributed by atoms with E-state index in [2.05, 4.69) is 36.8 Å². The molecule has 0 aliphatic carbocycles. The van der Waals surface area contributed by atoms with Crippen LogP contribution in [0.3, 0.4) is 0 Å². The smallest absolute Gasteiger partial charge is 0.197 e. The van der Waals surface area contributed by atoms with Gasteiger partial charge in [0, 0.05) is 12.5 Å². The van der Waals surface area contributed by atoms with Crippen LogP contribution in [-0.2, 0) is 6.42 Å². The van der Waals surface area contributed by atoms with Gasteiger partial charge < -0.3 is 10.2 Å². The minimum atomic E-state index is -0.134. The summed E-state index contributed by atoms with van der Waals surface area (Å²) in [5.41, 5.74) is 8.96. The maximum atomic E-state index is 6.22. The number of fused-ring (bicyclic) bond motifs is 1. The number of rotatable bonds is 3. The zero-order valence-electron chi connectivity index (χ0n) is 9.77. The predicted molar refractivity (Wildman–Crippen MR) is 84.4 cm³/mol. The highest BCUT2D eigenvalue weighted by Crippen LogP contribution is 2.35. The van der Waals surface area contributed by atoms with Gasteiger partial charge in [0.05, 0.1) is 7.57 Å². The van der Waals surface area contributed by atoms with Gasteiger partial charge in [-0.2, -0.15) is 0 Å². The monoisotopic (exact) mass is 400 g/mol. The maximum Gasteiger partial charge on any atom is 0.197 e. The third-order valence-electron chi connectivity index (χ3n) is 2.82. The normalized spacial score (nSPS) is 13.0. The Morgan fingerprint density at radius 1 is 1.32 bits per heavy atom. The van der Waals surface area contributed by atoms with Gasteiger partial charge in [-0.3, -0.25) is 0 Å². The van der Waals surface area contributed by atoms with Gasteiger partial charge in [0.2, 0.25) is 0 Å². The summed E-state index contributed by atoms with van der Waals surface area (Å²) in [4.78, 5) is 4.44. The second-order valence-electron chi connectivity index (χ2n) is 4.17. The van der Waals surface area contributed by atoms with E-state index in [0.717, 1.165) is 24.2 Å². The fourth-order valence-electron chi connectivity index (χ4n) is 1.91. The summed E-state index contributed by atoms with van der Waals surface area (Å²) in [6, 6.07) is 9.62. The van der Waals surface area contributed by atoms with Gasteiger partial charge in [-0.1, -0.05) is 12.1 Å². The third kappa shape index (κ3) is 2.76. The molecule has 3 aromatic rings. The van der Waals surface area contributed by atoms with E-state index in [1.165, 1.54) is 0 Å². The zero-order valence-corrected chi connectivity index (χ0v) is 13.8. The first kappa shape index (κ1) is 13.3. The van der Waals surface area contributed by atoms with Gasteiger partial charge in [0.15, 0.2) is 11.5 Å². The highest BCUT2D eigenvalue weighted by Gasteiger charge is 2.16. The Morgan fingerprint density at radius 2 is 2.11 bits per heavy atom. The fourth-order valence-corrected chi connectivity index (χ4v) is 4.91. The molecule has 2 heterocycles. The lowest BCUT2D eigenvalue weighted by Crippen LogP contribution is -2.13. The molecule has 98 valence electrons. The third-order valence-corrected chi connectivity index (χ3v) is 5.20. The second kappa shape index (κ2) is 5.36. The van der Waals surface area contributed by atoms with E-state index in [9.17, 15) is 0 Å². The fraction of sp³-hybridized carbons (Fsp3) is 0.154. The van der Waals surface area contributed by atoms with Gasteiger partial charge in [-0.05, 0) is 55.6 Å². The Kier molecular flexibility index (Phi) is 3.75. The van der Waals surface area contributed by atoms with Crippen molar-refractivity contribution in [1.82, 2.24) is 4.98 Å². The van der Waals surface area contributed by atoms with Crippen molar-refractivity contribution in [2.75, 3.05) is 0 Å². The zero-order chi connectivity index (χ0) is 13.4. The van der Waals surface area contributed by atoms with Crippen LogP contribution >= 0.6 is 43.2 Å². The lowest BCUT2D eigenvalue weighted by atomic mass is 10.1. The minimum Gasteiger partial charge on any atom is -0.441 e. The van der Waals surface area contributed by atoms with Crippen molar-refractivity contribution in [3.63, 3.8) is 0 Å². The average molecular weight is 402 g/mol.